The van der Waals surface area contributed by atoms with Crippen molar-refractivity contribution < 1.29 is 9.59 Å². The maximum Gasteiger partial charge on any atom is 0.244 e. The summed E-state index contributed by atoms with van der Waals surface area (Å²) in [6.45, 7) is 8.00. The van der Waals surface area contributed by atoms with Gasteiger partial charge in [-0.25, -0.2) is 4.98 Å². The van der Waals surface area contributed by atoms with Crippen molar-refractivity contribution in [2.24, 2.45) is 0 Å². The van der Waals surface area contributed by atoms with E-state index in [0.717, 1.165) is 34.3 Å². The number of para-hydroxylation sites is 2. The van der Waals surface area contributed by atoms with Gasteiger partial charge in [0.2, 0.25) is 11.8 Å². The maximum absolute atomic E-state index is 12.9. The number of benzene rings is 2. The molecule has 1 heterocycles. The van der Waals surface area contributed by atoms with E-state index >= 15 is 0 Å². The summed E-state index contributed by atoms with van der Waals surface area (Å²) in [7, 11) is 0. The van der Waals surface area contributed by atoms with Gasteiger partial charge in [-0.1, -0.05) is 43.0 Å². The van der Waals surface area contributed by atoms with Crippen molar-refractivity contribution in [1.82, 2.24) is 14.9 Å². The first-order valence-electron chi connectivity index (χ1n) is 10.1. The Balaban J connectivity index is 1.64. The zero-order chi connectivity index (χ0) is 21.7. The minimum Gasteiger partial charge on any atom is -0.333 e. The second-order valence-electron chi connectivity index (χ2n) is 7.42. The monoisotopic (exact) mass is 424 g/mol. The lowest BCUT2D eigenvalue weighted by molar-refractivity contribution is -0.134. The number of imidazole rings is 1. The molecule has 0 spiro atoms. The van der Waals surface area contributed by atoms with Gasteiger partial charge < -0.3 is 15.2 Å². The Labute approximate surface area is 181 Å². The number of rotatable bonds is 8. The smallest absolute Gasteiger partial charge is 0.244 e. The number of H-pyrrole nitrogens is 1. The molecule has 0 fully saturated rings. The number of nitrogens with zero attached hydrogens (tertiary/aromatic N) is 2. The lowest BCUT2D eigenvalue weighted by Gasteiger charge is -2.28. The molecule has 158 valence electrons. The average Bonchev–Trinajstić information content (AvgIpc) is 3.16. The van der Waals surface area contributed by atoms with Gasteiger partial charge in [-0.2, -0.15) is 0 Å². The molecule has 0 radical (unpaired) electrons. The highest BCUT2D eigenvalue weighted by atomic mass is 32.2. The fraction of sp³-hybridized carbons (Fsp3) is 0.348. The summed E-state index contributed by atoms with van der Waals surface area (Å²) in [5.74, 6) is -0.0435. The average molecular weight is 425 g/mol. The van der Waals surface area contributed by atoms with Crippen LogP contribution < -0.4 is 5.32 Å². The Kier molecular flexibility index (Phi) is 7.15. The van der Waals surface area contributed by atoms with E-state index in [1.165, 1.54) is 11.8 Å². The molecular formula is C23H28N4O2S. The van der Waals surface area contributed by atoms with Crippen LogP contribution in [0.15, 0.2) is 47.6 Å². The number of aromatic nitrogens is 2. The molecule has 3 aromatic rings. The minimum absolute atomic E-state index is 0.0295. The number of hydrogen-bond donors (Lipinski definition) is 2. The molecule has 0 unspecified atom stereocenters. The van der Waals surface area contributed by atoms with Gasteiger partial charge in [-0.05, 0) is 56.5 Å². The van der Waals surface area contributed by atoms with E-state index in [1.54, 1.807) is 4.90 Å². The molecule has 0 bridgehead atoms. The summed E-state index contributed by atoms with van der Waals surface area (Å²) >= 11 is 1.36. The van der Waals surface area contributed by atoms with E-state index in [0.29, 0.717) is 5.16 Å². The Morgan fingerprint density at radius 3 is 2.67 bits per heavy atom. The van der Waals surface area contributed by atoms with Crippen LogP contribution >= 0.6 is 11.8 Å². The van der Waals surface area contributed by atoms with Crippen molar-refractivity contribution in [3.8, 4) is 0 Å². The molecule has 2 aromatic carbocycles. The van der Waals surface area contributed by atoms with Crippen LogP contribution in [0.3, 0.4) is 0 Å². The third kappa shape index (κ3) is 5.21. The third-order valence-corrected chi connectivity index (χ3v) is 6.19. The molecule has 0 aliphatic carbocycles. The second kappa shape index (κ2) is 9.80. The van der Waals surface area contributed by atoms with Crippen molar-refractivity contribution in [3.63, 3.8) is 0 Å². The predicted octanol–water partition coefficient (Wildman–Crippen LogP) is 4.54. The molecule has 1 aromatic heterocycles. The van der Waals surface area contributed by atoms with Gasteiger partial charge in [0.25, 0.3) is 0 Å². The molecule has 6 nitrogen and oxygen atoms in total. The summed E-state index contributed by atoms with van der Waals surface area (Å²) in [5, 5.41) is 3.65. The van der Waals surface area contributed by atoms with Crippen LogP contribution in [-0.2, 0) is 9.59 Å². The van der Waals surface area contributed by atoms with Crippen LogP contribution in [0.5, 0.6) is 0 Å². The van der Waals surface area contributed by atoms with Crippen LogP contribution in [0, 0.1) is 13.8 Å². The van der Waals surface area contributed by atoms with Gasteiger partial charge in [0.1, 0.15) is 6.54 Å². The summed E-state index contributed by atoms with van der Waals surface area (Å²) < 4.78 is 0. The number of anilines is 1. The molecule has 0 aliphatic rings. The molecule has 7 heteroatoms. The summed E-state index contributed by atoms with van der Waals surface area (Å²) in [6.07, 6.45) is 0.776. The number of fused-ring (bicyclic) bond motifs is 1. The van der Waals surface area contributed by atoms with Crippen molar-refractivity contribution >= 4 is 40.3 Å². The highest BCUT2D eigenvalue weighted by Gasteiger charge is 2.22. The van der Waals surface area contributed by atoms with Crippen LogP contribution in [0.4, 0.5) is 5.69 Å². The number of carbonyl (C=O) groups is 2. The molecule has 3 rings (SSSR count). The molecular weight excluding hydrogens is 396 g/mol. The fourth-order valence-corrected chi connectivity index (χ4v) is 3.92. The van der Waals surface area contributed by atoms with E-state index in [2.05, 4.69) is 15.3 Å². The van der Waals surface area contributed by atoms with E-state index in [1.807, 2.05) is 70.2 Å². The number of aromatic amines is 1. The highest BCUT2D eigenvalue weighted by molar-refractivity contribution is 7.99. The molecule has 0 saturated carbocycles. The number of nitrogens with one attached hydrogen (secondary N) is 2. The van der Waals surface area contributed by atoms with E-state index in [-0.39, 0.29) is 30.2 Å². The van der Waals surface area contributed by atoms with E-state index in [4.69, 9.17) is 0 Å². The van der Waals surface area contributed by atoms with Crippen LogP contribution in [0.2, 0.25) is 0 Å². The number of aryl methyl sites for hydroxylation is 1. The number of hydrogen-bond acceptors (Lipinski definition) is 4. The van der Waals surface area contributed by atoms with Gasteiger partial charge in [0, 0.05) is 11.7 Å². The normalized spacial score (nSPS) is 12.0. The summed E-state index contributed by atoms with van der Waals surface area (Å²) in [4.78, 5) is 35.0. The van der Waals surface area contributed by atoms with E-state index in [9.17, 15) is 9.59 Å². The first kappa shape index (κ1) is 21.9. The molecule has 1 atom stereocenters. The topological polar surface area (TPSA) is 78.1 Å². The Hall–Kier alpha value is -2.80. The number of thioether (sulfide) groups is 1. The Morgan fingerprint density at radius 1 is 1.17 bits per heavy atom. The van der Waals surface area contributed by atoms with E-state index < -0.39 is 0 Å². The molecule has 2 N–H and O–H groups in total. The van der Waals surface area contributed by atoms with Gasteiger partial charge in [-0.15, -0.1) is 0 Å². The lowest BCUT2D eigenvalue weighted by atomic mass is 10.1. The third-order valence-electron chi connectivity index (χ3n) is 5.34. The van der Waals surface area contributed by atoms with Gasteiger partial charge >= 0.3 is 0 Å². The second-order valence-corrected chi connectivity index (χ2v) is 8.39. The Morgan fingerprint density at radius 2 is 1.93 bits per heavy atom. The van der Waals surface area contributed by atoms with Gasteiger partial charge in [0.15, 0.2) is 5.16 Å². The first-order chi connectivity index (χ1) is 14.4. The largest absolute Gasteiger partial charge is 0.333 e. The molecule has 2 amide bonds. The summed E-state index contributed by atoms with van der Waals surface area (Å²) in [6, 6.07) is 13.5. The van der Waals surface area contributed by atoms with Crippen LogP contribution in [-0.4, -0.2) is 45.0 Å². The standard InChI is InChI=1S/C23H28N4O2S/c1-5-16(3)27(13-21(28)24-18-12-8-9-15(2)17(18)4)22(29)14-30-23-25-19-10-6-7-11-20(19)26-23/h6-12,16H,5,13-14H2,1-4H3,(H,24,28)(H,25,26)/t16-/m0/s1. The zero-order valence-corrected chi connectivity index (χ0v) is 18.7. The van der Waals surface area contributed by atoms with Crippen molar-refractivity contribution in [3.05, 3.63) is 53.6 Å². The lowest BCUT2D eigenvalue weighted by Crippen LogP contribution is -2.44. The maximum atomic E-state index is 12.9. The zero-order valence-electron chi connectivity index (χ0n) is 17.9. The first-order valence-corrected chi connectivity index (χ1v) is 11.1. The molecule has 30 heavy (non-hydrogen) atoms. The van der Waals surface area contributed by atoms with Gasteiger partial charge in [0.05, 0.1) is 16.8 Å². The SMILES string of the molecule is CC[C@H](C)N(CC(=O)Nc1cccc(C)c1C)C(=O)CSc1nc2ccccc2[nH]1. The molecule has 0 saturated heterocycles. The minimum atomic E-state index is -0.189. The number of amides is 2. The molecule has 0 aliphatic heterocycles. The Bertz CT molecular complexity index is 1010. The van der Waals surface area contributed by atoms with Crippen molar-refractivity contribution in [2.75, 3.05) is 17.6 Å². The highest BCUT2D eigenvalue weighted by Crippen LogP contribution is 2.21. The van der Waals surface area contributed by atoms with Crippen LogP contribution in [0.1, 0.15) is 31.4 Å². The van der Waals surface area contributed by atoms with Crippen molar-refractivity contribution in [2.45, 2.75) is 45.3 Å². The van der Waals surface area contributed by atoms with Crippen LogP contribution in [0.25, 0.3) is 11.0 Å². The summed E-state index contributed by atoms with van der Waals surface area (Å²) in [5.41, 5.74) is 4.75. The quantitative estimate of drug-likeness (QED) is 0.521. The predicted molar refractivity (Wildman–Crippen MR) is 123 cm³/mol. The number of carbonyl (C=O) groups excluding carboxylic acids is 2. The van der Waals surface area contributed by atoms with Crippen molar-refractivity contribution in [1.29, 1.82) is 0 Å². The fourth-order valence-electron chi connectivity index (χ4n) is 3.15. The van der Waals surface area contributed by atoms with Gasteiger partial charge in [-0.3, -0.25) is 9.59 Å².